The molecule has 0 saturated heterocycles. The maximum Gasteiger partial charge on any atom is 0.417 e. The standard InChI is InChI=1S/C19H18F3NO/c1-14(15-8-4-2-5-9-15)13-23-18(24)12-17(19(20,21)22)16-10-6-3-7-11-16/h2-12,14H,13H2,1H3,(H,23,24)/b17-12-. The Kier molecular flexibility index (Phi) is 5.79. The molecule has 0 heterocycles. The summed E-state index contributed by atoms with van der Waals surface area (Å²) >= 11 is 0. The van der Waals surface area contributed by atoms with Crippen LogP contribution in [0.3, 0.4) is 0 Å². The number of rotatable bonds is 5. The quantitative estimate of drug-likeness (QED) is 0.799. The van der Waals surface area contributed by atoms with Crippen LogP contribution >= 0.6 is 0 Å². The number of hydrogen-bond donors (Lipinski definition) is 1. The Hall–Kier alpha value is -2.56. The minimum Gasteiger partial charge on any atom is -0.352 e. The molecule has 0 aromatic heterocycles. The van der Waals surface area contributed by atoms with E-state index in [9.17, 15) is 18.0 Å². The van der Waals surface area contributed by atoms with Gasteiger partial charge in [0.25, 0.3) is 0 Å². The molecule has 5 heteroatoms. The van der Waals surface area contributed by atoms with Gasteiger partial charge in [-0.05, 0) is 17.0 Å². The molecule has 2 nitrogen and oxygen atoms in total. The van der Waals surface area contributed by atoms with Gasteiger partial charge in [-0.2, -0.15) is 13.2 Å². The van der Waals surface area contributed by atoms with Crippen LogP contribution in [0, 0.1) is 0 Å². The summed E-state index contributed by atoms with van der Waals surface area (Å²) in [6.07, 6.45) is -3.98. The maximum absolute atomic E-state index is 13.2. The fraction of sp³-hybridized carbons (Fsp3) is 0.211. The van der Waals surface area contributed by atoms with Gasteiger partial charge in [0.2, 0.25) is 5.91 Å². The Morgan fingerprint density at radius 1 is 1.04 bits per heavy atom. The average molecular weight is 333 g/mol. The summed E-state index contributed by atoms with van der Waals surface area (Å²) in [7, 11) is 0. The first-order chi connectivity index (χ1) is 11.4. The van der Waals surface area contributed by atoms with Gasteiger partial charge in [-0.3, -0.25) is 4.79 Å². The lowest BCUT2D eigenvalue weighted by molar-refractivity contribution is -0.117. The van der Waals surface area contributed by atoms with E-state index < -0.39 is 17.7 Å². The zero-order valence-electron chi connectivity index (χ0n) is 13.2. The Morgan fingerprint density at radius 3 is 2.12 bits per heavy atom. The van der Waals surface area contributed by atoms with Gasteiger partial charge >= 0.3 is 6.18 Å². The average Bonchev–Trinajstić information content (AvgIpc) is 2.58. The molecule has 0 bridgehead atoms. The fourth-order valence-corrected chi connectivity index (χ4v) is 2.28. The number of amides is 1. The highest BCUT2D eigenvalue weighted by Crippen LogP contribution is 2.33. The van der Waals surface area contributed by atoms with E-state index in [2.05, 4.69) is 5.32 Å². The fourth-order valence-electron chi connectivity index (χ4n) is 2.28. The number of hydrogen-bond acceptors (Lipinski definition) is 1. The normalized spacial score (nSPS) is 13.4. The molecule has 1 atom stereocenters. The summed E-state index contributed by atoms with van der Waals surface area (Å²) in [5.74, 6) is -0.747. The molecule has 2 aromatic rings. The lowest BCUT2D eigenvalue weighted by atomic mass is 10.0. The molecule has 24 heavy (non-hydrogen) atoms. The van der Waals surface area contributed by atoms with E-state index in [1.54, 1.807) is 6.07 Å². The van der Waals surface area contributed by atoms with Gasteiger partial charge in [-0.25, -0.2) is 0 Å². The van der Waals surface area contributed by atoms with Crippen molar-refractivity contribution in [3.63, 3.8) is 0 Å². The molecule has 0 fully saturated rings. The van der Waals surface area contributed by atoms with Crippen LogP contribution in [0.1, 0.15) is 24.0 Å². The van der Waals surface area contributed by atoms with Crippen molar-refractivity contribution in [2.75, 3.05) is 6.54 Å². The number of nitrogens with one attached hydrogen (secondary N) is 1. The molecular formula is C19H18F3NO. The summed E-state index contributed by atoms with van der Waals surface area (Å²) in [6.45, 7) is 2.17. The summed E-state index contributed by atoms with van der Waals surface area (Å²) in [6, 6.07) is 16.8. The highest BCUT2D eigenvalue weighted by atomic mass is 19.4. The van der Waals surface area contributed by atoms with Crippen molar-refractivity contribution in [3.8, 4) is 0 Å². The smallest absolute Gasteiger partial charge is 0.352 e. The van der Waals surface area contributed by atoms with Crippen LogP contribution in [0.4, 0.5) is 13.2 Å². The molecule has 0 spiro atoms. The number of alkyl halides is 3. The third kappa shape index (κ3) is 4.98. The first-order valence-corrected chi connectivity index (χ1v) is 7.55. The first kappa shape index (κ1) is 17.8. The van der Waals surface area contributed by atoms with E-state index in [1.165, 1.54) is 24.3 Å². The van der Waals surface area contributed by atoms with E-state index >= 15 is 0 Å². The molecule has 0 aliphatic carbocycles. The Balaban J connectivity index is 2.08. The molecule has 126 valence electrons. The van der Waals surface area contributed by atoms with Gasteiger partial charge < -0.3 is 5.32 Å². The molecule has 0 aliphatic heterocycles. The van der Waals surface area contributed by atoms with E-state index in [0.717, 1.165) is 5.56 Å². The zero-order valence-corrected chi connectivity index (χ0v) is 13.2. The number of allylic oxidation sites excluding steroid dienone is 1. The van der Waals surface area contributed by atoms with E-state index in [0.29, 0.717) is 6.08 Å². The number of carbonyl (C=O) groups is 1. The second kappa shape index (κ2) is 7.81. The zero-order chi connectivity index (χ0) is 17.6. The molecule has 0 radical (unpaired) electrons. The first-order valence-electron chi connectivity index (χ1n) is 7.55. The van der Waals surface area contributed by atoms with Crippen molar-refractivity contribution in [2.45, 2.75) is 19.0 Å². The number of halogens is 3. The van der Waals surface area contributed by atoms with Crippen molar-refractivity contribution in [2.24, 2.45) is 0 Å². The van der Waals surface area contributed by atoms with Gasteiger partial charge in [0.1, 0.15) is 0 Å². The van der Waals surface area contributed by atoms with Gasteiger partial charge in [-0.15, -0.1) is 0 Å². The van der Waals surface area contributed by atoms with Crippen LogP contribution in [0.15, 0.2) is 66.7 Å². The minimum absolute atomic E-state index is 0.00890. The van der Waals surface area contributed by atoms with Crippen LogP contribution in [0.5, 0.6) is 0 Å². The predicted octanol–water partition coefficient (Wildman–Crippen LogP) is 4.55. The van der Waals surface area contributed by atoms with Crippen LogP contribution in [-0.4, -0.2) is 18.6 Å². The van der Waals surface area contributed by atoms with Crippen molar-refractivity contribution in [3.05, 3.63) is 77.9 Å². The van der Waals surface area contributed by atoms with Gasteiger partial charge in [0, 0.05) is 12.6 Å². The predicted molar refractivity (Wildman–Crippen MR) is 88.3 cm³/mol. The molecular weight excluding hydrogens is 315 g/mol. The third-order valence-electron chi connectivity index (χ3n) is 3.62. The second-order valence-electron chi connectivity index (χ2n) is 5.48. The molecule has 1 unspecified atom stereocenters. The number of carbonyl (C=O) groups excluding carboxylic acids is 1. The lowest BCUT2D eigenvalue weighted by Crippen LogP contribution is -2.27. The van der Waals surface area contributed by atoms with Crippen LogP contribution in [0.2, 0.25) is 0 Å². The van der Waals surface area contributed by atoms with E-state index in [1.807, 2.05) is 37.3 Å². The molecule has 1 N–H and O–H groups in total. The minimum atomic E-state index is -4.59. The van der Waals surface area contributed by atoms with Crippen molar-refractivity contribution in [1.82, 2.24) is 5.32 Å². The Bertz CT molecular complexity index is 694. The van der Waals surface area contributed by atoms with Gasteiger partial charge in [0.05, 0.1) is 5.57 Å². The number of benzene rings is 2. The molecule has 0 aliphatic rings. The highest BCUT2D eigenvalue weighted by molar-refractivity contribution is 5.96. The summed E-state index contributed by atoms with van der Waals surface area (Å²) in [5, 5.41) is 2.54. The molecule has 2 rings (SSSR count). The molecule has 2 aromatic carbocycles. The summed E-state index contributed by atoms with van der Waals surface area (Å²) in [5.41, 5.74) is 0.0325. The van der Waals surface area contributed by atoms with Crippen LogP contribution in [-0.2, 0) is 4.79 Å². The molecule has 0 saturated carbocycles. The second-order valence-corrected chi connectivity index (χ2v) is 5.48. The van der Waals surface area contributed by atoms with Crippen molar-refractivity contribution >= 4 is 11.5 Å². The van der Waals surface area contributed by atoms with Gasteiger partial charge in [0.15, 0.2) is 0 Å². The van der Waals surface area contributed by atoms with Crippen LogP contribution < -0.4 is 5.32 Å². The Labute approximate surface area is 139 Å². The van der Waals surface area contributed by atoms with Crippen molar-refractivity contribution in [1.29, 1.82) is 0 Å². The SMILES string of the molecule is CC(CNC(=O)/C=C(/c1ccccc1)C(F)(F)F)c1ccccc1. The highest BCUT2D eigenvalue weighted by Gasteiger charge is 2.35. The largest absolute Gasteiger partial charge is 0.417 e. The Morgan fingerprint density at radius 2 is 1.58 bits per heavy atom. The maximum atomic E-state index is 13.2. The van der Waals surface area contributed by atoms with E-state index in [-0.39, 0.29) is 18.0 Å². The van der Waals surface area contributed by atoms with E-state index in [4.69, 9.17) is 0 Å². The third-order valence-corrected chi connectivity index (χ3v) is 3.62. The summed E-state index contributed by atoms with van der Waals surface area (Å²) in [4.78, 5) is 11.9. The molecule has 1 amide bonds. The van der Waals surface area contributed by atoms with Crippen molar-refractivity contribution < 1.29 is 18.0 Å². The lowest BCUT2D eigenvalue weighted by Gasteiger charge is -2.14. The topological polar surface area (TPSA) is 29.1 Å². The monoisotopic (exact) mass is 333 g/mol. The van der Waals surface area contributed by atoms with Crippen LogP contribution in [0.25, 0.3) is 5.57 Å². The van der Waals surface area contributed by atoms with Gasteiger partial charge in [-0.1, -0.05) is 67.6 Å². The summed E-state index contributed by atoms with van der Waals surface area (Å²) < 4.78 is 39.5.